The van der Waals surface area contributed by atoms with Gasteiger partial charge in [0.25, 0.3) is 0 Å². The first-order valence-electron chi connectivity index (χ1n) is 6.49. The van der Waals surface area contributed by atoms with Crippen molar-refractivity contribution < 1.29 is 13.2 Å². The van der Waals surface area contributed by atoms with E-state index >= 15 is 0 Å². The Morgan fingerprint density at radius 3 is 2.74 bits per heavy atom. The Bertz CT molecular complexity index is 420. The highest BCUT2D eigenvalue weighted by Gasteiger charge is 2.30. The fourth-order valence-corrected chi connectivity index (χ4v) is 2.43. The number of nitrogens with zero attached hydrogens (tertiary/aromatic N) is 1. The average molecular weight is 273 g/mol. The number of anilines is 1. The molecule has 19 heavy (non-hydrogen) atoms. The molecule has 3 N–H and O–H groups in total. The Morgan fingerprint density at radius 2 is 2.05 bits per heavy atom. The summed E-state index contributed by atoms with van der Waals surface area (Å²) < 4.78 is 37.6. The van der Waals surface area contributed by atoms with Crippen LogP contribution < -0.4 is 11.1 Å². The maximum Gasteiger partial charge on any atom is 0.416 e. The molecular formula is C13H18F3N3. The quantitative estimate of drug-likeness (QED) is 0.890. The Balaban J connectivity index is 1.96. The van der Waals surface area contributed by atoms with E-state index in [1.165, 1.54) is 6.20 Å². The lowest BCUT2D eigenvalue weighted by Crippen LogP contribution is -2.37. The summed E-state index contributed by atoms with van der Waals surface area (Å²) in [6, 6.07) is 2.14. The second-order valence-corrected chi connectivity index (χ2v) is 5.02. The Labute approximate surface area is 110 Å². The minimum absolute atomic E-state index is 0.132. The standard InChI is InChI=1S/C13H18F3N3/c14-13(15,16)10-5-6-18-12(7-10)19-8-9-3-1-2-4-11(9)17/h5-7,9,11H,1-4,8,17H2,(H,18,19). The van der Waals surface area contributed by atoms with Crippen LogP contribution >= 0.6 is 0 Å². The van der Waals surface area contributed by atoms with Crippen LogP contribution in [0, 0.1) is 5.92 Å². The van der Waals surface area contributed by atoms with Crippen molar-refractivity contribution in [3.8, 4) is 0 Å². The van der Waals surface area contributed by atoms with Crippen molar-refractivity contribution in [2.45, 2.75) is 37.9 Å². The largest absolute Gasteiger partial charge is 0.416 e. The molecule has 1 fully saturated rings. The van der Waals surface area contributed by atoms with Crippen molar-refractivity contribution in [3.63, 3.8) is 0 Å². The van der Waals surface area contributed by atoms with Gasteiger partial charge in [0.2, 0.25) is 0 Å². The van der Waals surface area contributed by atoms with Gasteiger partial charge in [-0.3, -0.25) is 0 Å². The van der Waals surface area contributed by atoms with E-state index in [2.05, 4.69) is 10.3 Å². The van der Waals surface area contributed by atoms with Gasteiger partial charge in [0, 0.05) is 18.8 Å². The van der Waals surface area contributed by atoms with Crippen molar-refractivity contribution in [1.82, 2.24) is 4.98 Å². The summed E-state index contributed by atoms with van der Waals surface area (Å²) in [6.45, 7) is 0.579. The van der Waals surface area contributed by atoms with E-state index in [1.54, 1.807) is 0 Å². The van der Waals surface area contributed by atoms with E-state index in [0.717, 1.165) is 37.8 Å². The van der Waals surface area contributed by atoms with Gasteiger partial charge < -0.3 is 11.1 Å². The molecule has 0 saturated heterocycles. The normalized spacial score (nSPS) is 24.2. The van der Waals surface area contributed by atoms with Gasteiger partial charge in [-0.2, -0.15) is 13.2 Å². The molecule has 2 unspecified atom stereocenters. The monoisotopic (exact) mass is 273 g/mol. The number of nitrogens with one attached hydrogen (secondary N) is 1. The Morgan fingerprint density at radius 1 is 1.32 bits per heavy atom. The van der Waals surface area contributed by atoms with Gasteiger partial charge in [0.1, 0.15) is 5.82 Å². The van der Waals surface area contributed by atoms with Gasteiger partial charge in [-0.1, -0.05) is 12.8 Å². The minimum Gasteiger partial charge on any atom is -0.370 e. The highest BCUT2D eigenvalue weighted by atomic mass is 19.4. The molecule has 0 aliphatic heterocycles. The van der Waals surface area contributed by atoms with E-state index in [1.807, 2.05) is 0 Å². The molecule has 0 bridgehead atoms. The second-order valence-electron chi connectivity index (χ2n) is 5.02. The highest BCUT2D eigenvalue weighted by molar-refractivity contribution is 5.38. The smallest absolute Gasteiger partial charge is 0.370 e. The van der Waals surface area contributed by atoms with Gasteiger partial charge in [0.05, 0.1) is 5.56 Å². The molecule has 0 aromatic carbocycles. The SMILES string of the molecule is NC1CCCCC1CNc1cc(C(F)(F)F)ccn1. The number of rotatable bonds is 3. The van der Waals surface area contributed by atoms with Gasteiger partial charge in [-0.05, 0) is 30.9 Å². The van der Waals surface area contributed by atoms with Crippen molar-refractivity contribution in [2.24, 2.45) is 11.7 Å². The molecule has 0 radical (unpaired) electrons. The minimum atomic E-state index is -4.33. The first-order valence-corrected chi connectivity index (χ1v) is 6.49. The third-order valence-corrected chi connectivity index (χ3v) is 3.60. The summed E-state index contributed by atoms with van der Waals surface area (Å²) in [5, 5.41) is 2.97. The number of alkyl halides is 3. The topological polar surface area (TPSA) is 50.9 Å². The summed E-state index contributed by atoms with van der Waals surface area (Å²) in [6.07, 6.45) is 1.12. The molecule has 0 amide bonds. The lowest BCUT2D eigenvalue weighted by molar-refractivity contribution is -0.137. The molecular weight excluding hydrogens is 255 g/mol. The van der Waals surface area contributed by atoms with Crippen LogP contribution in [0.2, 0.25) is 0 Å². The lowest BCUT2D eigenvalue weighted by Gasteiger charge is -2.28. The van der Waals surface area contributed by atoms with E-state index < -0.39 is 11.7 Å². The van der Waals surface area contributed by atoms with Gasteiger partial charge in [0.15, 0.2) is 0 Å². The van der Waals surface area contributed by atoms with E-state index in [9.17, 15) is 13.2 Å². The first kappa shape index (κ1) is 14.1. The number of hydrogen-bond donors (Lipinski definition) is 2. The van der Waals surface area contributed by atoms with Gasteiger partial charge in [-0.25, -0.2) is 4.98 Å². The molecule has 2 atom stereocenters. The number of hydrogen-bond acceptors (Lipinski definition) is 3. The molecule has 1 heterocycles. The number of nitrogens with two attached hydrogens (primary N) is 1. The van der Waals surface area contributed by atoms with Crippen molar-refractivity contribution >= 4 is 5.82 Å². The van der Waals surface area contributed by atoms with Crippen LogP contribution in [0.3, 0.4) is 0 Å². The van der Waals surface area contributed by atoms with Crippen LogP contribution in [0.4, 0.5) is 19.0 Å². The predicted molar refractivity (Wildman–Crippen MR) is 67.7 cm³/mol. The Kier molecular flexibility index (Phi) is 4.29. The summed E-state index contributed by atoms with van der Waals surface area (Å²) in [5.41, 5.74) is 5.32. The number of pyridine rings is 1. The van der Waals surface area contributed by atoms with Crippen LogP contribution in [-0.2, 0) is 6.18 Å². The van der Waals surface area contributed by atoms with Crippen LogP contribution in [0.25, 0.3) is 0 Å². The van der Waals surface area contributed by atoms with Crippen molar-refractivity contribution in [2.75, 3.05) is 11.9 Å². The molecule has 1 aliphatic rings. The lowest BCUT2D eigenvalue weighted by atomic mass is 9.85. The summed E-state index contributed by atoms with van der Waals surface area (Å²) in [7, 11) is 0. The van der Waals surface area contributed by atoms with Crippen molar-refractivity contribution in [1.29, 1.82) is 0 Å². The molecule has 6 heteroatoms. The van der Waals surface area contributed by atoms with E-state index in [0.29, 0.717) is 12.5 Å². The van der Waals surface area contributed by atoms with Crippen LogP contribution in [0.15, 0.2) is 18.3 Å². The zero-order valence-corrected chi connectivity index (χ0v) is 10.6. The third-order valence-electron chi connectivity index (χ3n) is 3.60. The molecule has 0 spiro atoms. The average Bonchev–Trinajstić information content (AvgIpc) is 2.37. The van der Waals surface area contributed by atoms with Crippen LogP contribution in [-0.4, -0.2) is 17.6 Å². The fraction of sp³-hybridized carbons (Fsp3) is 0.615. The zero-order valence-electron chi connectivity index (χ0n) is 10.6. The fourth-order valence-electron chi connectivity index (χ4n) is 2.43. The number of halogens is 3. The maximum absolute atomic E-state index is 12.5. The van der Waals surface area contributed by atoms with Gasteiger partial charge >= 0.3 is 6.18 Å². The molecule has 3 nitrogen and oxygen atoms in total. The van der Waals surface area contributed by atoms with Crippen LogP contribution in [0.1, 0.15) is 31.2 Å². The molecule has 1 aromatic heterocycles. The van der Waals surface area contributed by atoms with Crippen molar-refractivity contribution in [3.05, 3.63) is 23.9 Å². The predicted octanol–water partition coefficient (Wildman–Crippen LogP) is 3.03. The van der Waals surface area contributed by atoms with E-state index in [4.69, 9.17) is 5.73 Å². The van der Waals surface area contributed by atoms with Gasteiger partial charge in [-0.15, -0.1) is 0 Å². The third kappa shape index (κ3) is 3.83. The number of aromatic nitrogens is 1. The molecule has 1 aliphatic carbocycles. The highest BCUT2D eigenvalue weighted by Crippen LogP contribution is 2.30. The molecule has 1 aromatic rings. The van der Waals surface area contributed by atoms with Crippen LogP contribution in [0.5, 0.6) is 0 Å². The second kappa shape index (κ2) is 5.77. The summed E-state index contributed by atoms with van der Waals surface area (Å²) >= 11 is 0. The first-order chi connectivity index (χ1) is 8.97. The molecule has 106 valence electrons. The zero-order chi connectivity index (χ0) is 13.9. The summed E-state index contributed by atoms with van der Waals surface area (Å²) in [5.74, 6) is 0.567. The maximum atomic E-state index is 12.5. The van der Waals surface area contributed by atoms with E-state index in [-0.39, 0.29) is 11.9 Å². The Hall–Kier alpha value is -1.30. The molecule has 2 rings (SSSR count). The summed E-state index contributed by atoms with van der Waals surface area (Å²) in [4.78, 5) is 3.91. The molecule has 1 saturated carbocycles.